The van der Waals surface area contributed by atoms with Crippen molar-refractivity contribution in [2.45, 2.75) is 12.3 Å². The van der Waals surface area contributed by atoms with Gasteiger partial charge in [-0.3, -0.25) is 0 Å². The molecular formula is C11H9BrClNO. The van der Waals surface area contributed by atoms with E-state index in [1.165, 1.54) is 6.39 Å². The smallest absolute Gasteiger partial charge is 0.181 e. The Balaban J connectivity index is 2.59. The third-order valence-electron chi connectivity index (χ3n) is 2.28. The lowest BCUT2D eigenvalue weighted by molar-refractivity contribution is 0.571. The van der Waals surface area contributed by atoms with Crippen LogP contribution in [0.15, 0.2) is 29.0 Å². The molecule has 0 unspecified atom stereocenters. The van der Waals surface area contributed by atoms with E-state index in [2.05, 4.69) is 20.9 Å². The van der Waals surface area contributed by atoms with Gasteiger partial charge in [-0.25, -0.2) is 4.98 Å². The molecule has 2 aromatic rings. The molecule has 0 aliphatic rings. The molecular weight excluding hydrogens is 277 g/mol. The molecule has 0 bridgehead atoms. The maximum absolute atomic E-state index is 6.05. The Labute approximate surface area is 101 Å². The number of halogens is 2. The van der Waals surface area contributed by atoms with Gasteiger partial charge < -0.3 is 4.42 Å². The molecule has 0 amide bonds. The number of hydrogen-bond donors (Lipinski definition) is 0. The molecule has 1 aromatic heterocycles. The molecule has 1 aromatic carbocycles. The number of hydrogen-bond acceptors (Lipinski definition) is 2. The number of rotatable bonds is 2. The topological polar surface area (TPSA) is 26.0 Å². The fourth-order valence-corrected chi connectivity index (χ4v) is 2.01. The lowest BCUT2D eigenvalue weighted by atomic mass is 10.1. The van der Waals surface area contributed by atoms with Crippen molar-refractivity contribution < 1.29 is 4.42 Å². The van der Waals surface area contributed by atoms with Crippen molar-refractivity contribution in [1.82, 2.24) is 4.98 Å². The second-order valence-corrected chi connectivity index (χ2v) is 4.14. The predicted octanol–water partition coefficient (Wildman–Crippen LogP) is 4.20. The van der Waals surface area contributed by atoms with Crippen LogP contribution in [-0.2, 0) is 5.33 Å². The zero-order valence-corrected chi connectivity index (χ0v) is 10.5. The minimum atomic E-state index is 0.671. The maximum atomic E-state index is 6.05. The van der Waals surface area contributed by atoms with Crippen LogP contribution in [0, 0.1) is 6.92 Å². The second kappa shape index (κ2) is 4.37. The molecule has 0 aliphatic heterocycles. The maximum Gasteiger partial charge on any atom is 0.181 e. The van der Waals surface area contributed by atoms with Crippen molar-refractivity contribution in [2.75, 3.05) is 0 Å². The van der Waals surface area contributed by atoms with E-state index < -0.39 is 0 Å². The molecule has 15 heavy (non-hydrogen) atoms. The van der Waals surface area contributed by atoms with Crippen LogP contribution in [0.3, 0.4) is 0 Å². The van der Waals surface area contributed by atoms with Crippen molar-refractivity contribution in [3.05, 3.63) is 40.9 Å². The Kier molecular flexibility index (Phi) is 3.12. The number of alkyl halides is 1. The van der Waals surface area contributed by atoms with E-state index in [4.69, 9.17) is 16.0 Å². The molecule has 78 valence electrons. The van der Waals surface area contributed by atoms with Gasteiger partial charge in [-0.2, -0.15) is 0 Å². The molecule has 4 heteroatoms. The van der Waals surface area contributed by atoms with Crippen LogP contribution in [0.5, 0.6) is 0 Å². The van der Waals surface area contributed by atoms with Gasteiger partial charge in [-0.05, 0) is 18.6 Å². The van der Waals surface area contributed by atoms with Gasteiger partial charge in [0.05, 0.1) is 5.69 Å². The quantitative estimate of drug-likeness (QED) is 0.773. The summed E-state index contributed by atoms with van der Waals surface area (Å²) in [6.07, 6.45) is 1.45. The largest absolute Gasteiger partial charge is 0.443 e. The Bertz CT molecular complexity index is 481. The predicted molar refractivity (Wildman–Crippen MR) is 64.3 cm³/mol. The number of aromatic nitrogens is 1. The van der Waals surface area contributed by atoms with E-state index in [9.17, 15) is 0 Å². The monoisotopic (exact) mass is 285 g/mol. The van der Waals surface area contributed by atoms with Crippen molar-refractivity contribution in [3.8, 4) is 11.3 Å². The summed E-state index contributed by atoms with van der Waals surface area (Å²) in [5, 5.41) is 1.41. The van der Waals surface area contributed by atoms with Crippen molar-refractivity contribution >= 4 is 27.5 Å². The zero-order chi connectivity index (χ0) is 10.8. The first kappa shape index (κ1) is 10.7. The summed E-state index contributed by atoms with van der Waals surface area (Å²) < 4.78 is 5.38. The molecule has 0 N–H and O–H groups in total. The highest BCUT2D eigenvalue weighted by molar-refractivity contribution is 9.08. The third-order valence-corrected chi connectivity index (χ3v) is 3.22. The highest BCUT2D eigenvalue weighted by atomic mass is 79.9. The molecule has 0 saturated carbocycles. The average molecular weight is 287 g/mol. The van der Waals surface area contributed by atoms with E-state index >= 15 is 0 Å². The normalized spacial score (nSPS) is 10.6. The van der Waals surface area contributed by atoms with Gasteiger partial charge in [0.2, 0.25) is 0 Å². The summed E-state index contributed by atoms with van der Waals surface area (Å²) in [7, 11) is 0. The van der Waals surface area contributed by atoms with Crippen LogP contribution in [0.1, 0.15) is 11.3 Å². The number of nitrogens with zero attached hydrogens (tertiary/aromatic N) is 1. The fourth-order valence-electron chi connectivity index (χ4n) is 1.44. The summed E-state index contributed by atoms with van der Waals surface area (Å²) in [6, 6.07) is 5.75. The van der Waals surface area contributed by atoms with E-state index in [-0.39, 0.29) is 0 Å². The highest BCUT2D eigenvalue weighted by Crippen LogP contribution is 2.31. The Morgan fingerprint density at radius 2 is 2.27 bits per heavy atom. The van der Waals surface area contributed by atoms with E-state index in [0.29, 0.717) is 5.33 Å². The highest BCUT2D eigenvalue weighted by Gasteiger charge is 2.12. The van der Waals surface area contributed by atoms with Crippen LogP contribution in [0.4, 0.5) is 0 Å². The van der Waals surface area contributed by atoms with E-state index in [1.807, 2.05) is 25.1 Å². The Hall–Kier alpha value is -0.800. The van der Waals surface area contributed by atoms with Crippen molar-refractivity contribution in [3.63, 3.8) is 0 Å². The summed E-state index contributed by atoms with van der Waals surface area (Å²) in [4.78, 5) is 4.13. The van der Waals surface area contributed by atoms with Crippen LogP contribution in [0.2, 0.25) is 5.02 Å². The molecule has 2 nitrogen and oxygen atoms in total. The van der Waals surface area contributed by atoms with Crippen molar-refractivity contribution in [1.29, 1.82) is 0 Å². The van der Waals surface area contributed by atoms with Gasteiger partial charge in [0.1, 0.15) is 0 Å². The van der Waals surface area contributed by atoms with Gasteiger partial charge >= 0.3 is 0 Å². The Morgan fingerprint density at radius 1 is 1.47 bits per heavy atom. The fraction of sp³-hybridized carbons (Fsp3) is 0.182. The van der Waals surface area contributed by atoms with Crippen LogP contribution in [-0.4, -0.2) is 4.98 Å². The summed E-state index contributed by atoms with van der Waals surface area (Å²) >= 11 is 9.42. The first-order valence-corrected chi connectivity index (χ1v) is 5.97. The summed E-state index contributed by atoms with van der Waals surface area (Å²) in [5.41, 5.74) is 2.90. The SMILES string of the molecule is Cc1c(Cl)cccc1-c1ocnc1CBr. The molecule has 0 radical (unpaired) electrons. The number of oxazole rings is 1. The van der Waals surface area contributed by atoms with Crippen LogP contribution < -0.4 is 0 Å². The van der Waals surface area contributed by atoms with Crippen LogP contribution in [0.25, 0.3) is 11.3 Å². The minimum Gasteiger partial charge on any atom is -0.443 e. The molecule has 0 fully saturated rings. The molecule has 1 heterocycles. The summed E-state index contributed by atoms with van der Waals surface area (Å²) in [6.45, 7) is 1.97. The summed E-state index contributed by atoms with van der Waals surface area (Å²) in [5.74, 6) is 0.784. The molecule has 2 rings (SSSR count). The standard InChI is InChI=1S/C11H9BrClNO/c1-7-8(3-2-4-9(7)13)11-10(5-12)14-6-15-11/h2-4,6H,5H2,1H3. The van der Waals surface area contributed by atoms with Gasteiger partial charge in [0, 0.05) is 15.9 Å². The van der Waals surface area contributed by atoms with Crippen LogP contribution >= 0.6 is 27.5 Å². The molecule has 0 spiro atoms. The van der Waals surface area contributed by atoms with E-state index in [0.717, 1.165) is 27.6 Å². The van der Waals surface area contributed by atoms with Gasteiger partial charge in [-0.15, -0.1) is 0 Å². The lowest BCUT2D eigenvalue weighted by Gasteiger charge is -2.04. The van der Waals surface area contributed by atoms with Gasteiger partial charge in [0.25, 0.3) is 0 Å². The second-order valence-electron chi connectivity index (χ2n) is 3.17. The van der Waals surface area contributed by atoms with E-state index in [1.54, 1.807) is 0 Å². The Morgan fingerprint density at radius 3 is 3.00 bits per heavy atom. The third kappa shape index (κ3) is 1.94. The average Bonchev–Trinajstić information content (AvgIpc) is 2.70. The van der Waals surface area contributed by atoms with Gasteiger partial charge in [0.15, 0.2) is 12.2 Å². The zero-order valence-electron chi connectivity index (χ0n) is 8.13. The molecule has 0 aliphatic carbocycles. The number of benzene rings is 1. The molecule has 0 atom stereocenters. The van der Waals surface area contributed by atoms with Crippen molar-refractivity contribution in [2.24, 2.45) is 0 Å². The van der Waals surface area contributed by atoms with Gasteiger partial charge in [-0.1, -0.05) is 39.7 Å². The first-order chi connectivity index (χ1) is 7.24. The lowest BCUT2D eigenvalue weighted by Crippen LogP contribution is -1.86. The minimum absolute atomic E-state index is 0.671. The first-order valence-electron chi connectivity index (χ1n) is 4.48. The molecule has 0 saturated heterocycles.